The standard InChI is InChI=1S/C26H25BrN4O4S2/c1-30(17-21-5-3-13-35-21)37(33,34)22-9-6-19(7-10-22)25(32)31(16-18-4-2-12-28-15-18)26-29-23-11-8-20(27)14-24(23)36-26/h2,4,6-12,14-15,21H,3,5,13,16-17H2,1H3. The molecule has 192 valence electrons. The smallest absolute Gasteiger partial charge is 0.260 e. The number of sulfonamides is 1. The first-order valence-electron chi connectivity index (χ1n) is 11.8. The van der Waals surface area contributed by atoms with E-state index in [-0.39, 0.29) is 23.5 Å². The van der Waals surface area contributed by atoms with Gasteiger partial charge >= 0.3 is 0 Å². The zero-order valence-electron chi connectivity index (χ0n) is 20.1. The monoisotopic (exact) mass is 600 g/mol. The highest BCUT2D eigenvalue weighted by atomic mass is 79.9. The highest BCUT2D eigenvalue weighted by molar-refractivity contribution is 9.10. The molecule has 0 spiro atoms. The van der Waals surface area contributed by atoms with Crippen molar-refractivity contribution in [2.24, 2.45) is 0 Å². The van der Waals surface area contributed by atoms with Crippen molar-refractivity contribution < 1.29 is 17.9 Å². The number of halogens is 1. The molecule has 1 saturated heterocycles. The van der Waals surface area contributed by atoms with Crippen LogP contribution in [0.2, 0.25) is 0 Å². The molecule has 2 aromatic carbocycles. The first-order chi connectivity index (χ1) is 17.8. The van der Waals surface area contributed by atoms with E-state index in [1.165, 1.54) is 27.8 Å². The number of carbonyl (C=O) groups is 1. The third kappa shape index (κ3) is 5.75. The van der Waals surface area contributed by atoms with Crippen LogP contribution in [0.25, 0.3) is 10.2 Å². The highest BCUT2D eigenvalue weighted by Gasteiger charge is 2.27. The summed E-state index contributed by atoms with van der Waals surface area (Å²) in [6.45, 7) is 1.24. The minimum atomic E-state index is -3.71. The molecular formula is C26H25BrN4O4S2. The molecule has 1 aliphatic heterocycles. The largest absolute Gasteiger partial charge is 0.377 e. The van der Waals surface area contributed by atoms with Crippen LogP contribution in [-0.4, -0.2) is 54.9 Å². The van der Waals surface area contributed by atoms with Crippen LogP contribution in [-0.2, 0) is 21.3 Å². The Hall–Kier alpha value is -2.70. The summed E-state index contributed by atoms with van der Waals surface area (Å²) in [5.74, 6) is -0.279. The lowest BCUT2D eigenvalue weighted by molar-refractivity contribution is 0.0978. The lowest BCUT2D eigenvalue weighted by Crippen LogP contribution is -2.34. The van der Waals surface area contributed by atoms with Gasteiger partial charge in [0.25, 0.3) is 5.91 Å². The van der Waals surface area contributed by atoms with Gasteiger partial charge in [0, 0.05) is 42.6 Å². The van der Waals surface area contributed by atoms with Gasteiger partial charge in [-0.2, -0.15) is 4.31 Å². The van der Waals surface area contributed by atoms with Crippen LogP contribution in [0.4, 0.5) is 5.13 Å². The summed E-state index contributed by atoms with van der Waals surface area (Å²) in [5.41, 5.74) is 2.01. The van der Waals surface area contributed by atoms with Crippen molar-refractivity contribution in [3.8, 4) is 0 Å². The Balaban J connectivity index is 1.42. The average molecular weight is 602 g/mol. The normalized spacial score (nSPS) is 15.9. The predicted molar refractivity (Wildman–Crippen MR) is 147 cm³/mol. The number of pyridine rings is 1. The van der Waals surface area contributed by atoms with Gasteiger partial charge in [0.2, 0.25) is 10.0 Å². The van der Waals surface area contributed by atoms with E-state index in [4.69, 9.17) is 9.72 Å². The molecule has 0 radical (unpaired) electrons. The SMILES string of the molecule is CN(CC1CCCO1)S(=O)(=O)c1ccc(C(=O)N(Cc2cccnc2)c2nc3ccc(Br)cc3s2)cc1. The Morgan fingerprint density at radius 3 is 2.70 bits per heavy atom. The van der Waals surface area contributed by atoms with Crippen LogP contribution < -0.4 is 4.90 Å². The molecule has 1 aliphatic rings. The van der Waals surface area contributed by atoms with Crippen LogP contribution in [0, 0.1) is 0 Å². The van der Waals surface area contributed by atoms with Gasteiger partial charge in [0.15, 0.2) is 5.13 Å². The maximum absolute atomic E-state index is 13.7. The lowest BCUT2D eigenvalue weighted by atomic mass is 10.2. The van der Waals surface area contributed by atoms with Gasteiger partial charge < -0.3 is 4.74 Å². The number of benzene rings is 2. The fourth-order valence-corrected chi connectivity index (χ4v) is 6.90. The number of hydrogen-bond donors (Lipinski definition) is 0. The van der Waals surface area contributed by atoms with Crippen LogP contribution in [0.5, 0.6) is 0 Å². The Kier molecular flexibility index (Phi) is 7.68. The molecule has 1 atom stereocenters. The number of hydrogen-bond acceptors (Lipinski definition) is 7. The maximum Gasteiger partial charge on any atom is 0.260 e. The third-order valence-electron chi connectivity index (χ3n) is 6.17. The molecule has 8 nitrogen and oxygen atoms in total. The van der Waals surface area contributed by atoms with Crippen molar-refractivity contribution in [1.29, 1.82) is 0 Å². The topological polar surface area (TPSA) is 92.7 Å². The van der Waals surface area contributed by atoms with Crippen LogP contribution in [0.1, 0.15) is 28.8 Å². The molecule has 11 heteroatoms. The molecule has 0 saturated carbocycles. The van der Waals surface area contributed by atoms with E-state index in [0.717, 1.165) is 33.1 Å². The second-order valence-corrected chi connectivity index (χ2v) is 12.8. The number of nitrogens with zero attached hydrogens (tertiary/aromatic N) is 4. The van der Waals surface area contributed by atoms with Crippen molar-refractivity contribution in [3.63, 3.8) is 0 Å². The zero-order chi connectivity index (χ0) is 26.0. The molecular weight excluding hydrogens is 576 g/mol. The number of aromatic nitrogens is 2. The van der Waals surface area contributed by atoms with Crippen molar-refractivity contribution in [2.75, 3.05) is 25.1 Å². The summed E-state index contributed by atoms with van der Waals surface area (Å²) in [5, 5.41) is 0.551. The molecule has 0 aliphatic carbocycles. The number of ether oxygens (including phenoxy) is 1. The second-order valence-electron chi connectivity index (χ2n) is 8.81. The molecule has 1 fully saturated rings. The Morgan fingerprint density at radius 2 is 2.00 bits per heavy atom. The summed E-state index contributed by atoms with van der Waals surface area (Å²) >= 11 is 4.90. The van der Waals surface area contributed by atoms with Gasteiger partial charge in [-0.3, -0.25) is 14.7 Å². The first-order valence-corrected chi connectivity index (χ1v) is 14.8. The quantitative estimate of drug-likeness (QED) is 0.279. The van der Waals surface area contributed by atoms with Crippen molar-refractivity contribution >= 4 is 58.5 Å². The van der Waals surface area contributed by atoms with Crippen LogP contribution >= 0.6 is 27.3 Å². The van der Waals surface area contributed by atoms with Crippen molar-refractivity contribution in [3.05, 3.63) is 82.6 Å². The number of thiazole rings is 1. The van der Waals surface area contributed by atoms with E-state index >= 15 is 0 Å². The molecule has 1 amide bonds. The number of likely N-dealkylation sites (N-methyl/N-ethyl adjacent to an activating group) is 1. The number of rotatable bonds is 8. The molecule has 37 heavy (non-hydrogen) atoms. The molecule has 0 bridgehead atoms. The fourth-order valence-electron chi connectivity index (χ4n) is 4.18. The molecule has 5 rings (SSSR count). The minimum absolute atomic E-state index is 0.0870. The fraction of sp³-hybridized carbons (Fsp3) is 0.269. The van der Waals surface area contributed by atoms with Crippen LogP contribution in [0.3, 0.4) is 0 Å². The molecule has 3 heterocycles. The van der Waals surface area contributed by atoms with Crippen molar-refractivity contribution in [2.45, 2.75) is 30.4 Å². The van der Waals surface area contributed by atoms with Gasteiger partial charge in [0.05, 0.1) is 27.8 Å². The highest BCUT2D eigenvalue weighted by Crippen LogP contribution is 2.32. The number of amides is 1. The molecule has 2 aromatic heterocycles. The molecule has 1 unspecified atom stereocenters. The summed E-state index contributed by atoms with van der Waals surface area (Å²) < 4.78 is 34.9. The van der Waals surface area contributed by atoms with Gasteiger partial charge in [-0.15, -0.1) is 0 Å². The second kappa shape index (κ2) is 11.0. The van der Waals surface area contributed by atoms with Gasteiger partial charge in [-0.05, 0) is 66.9 Å². The first kappa shape index (κ1) is 25.9. The van der Waals surface area contributed by atoms with Crippen LogP contribution in [0.15, 0.2) is 76.4 Å². The third-order valence-corrected chi connectivity index (χ3v) is 9.54. The van der Waals surface area contributed by atoms with E-state index in [0.29, 0.717) is 23.8 Å². The number of anilines is 1. The minimum Gasteiger partial charge on any atom is -0.377 e. The number of fused-ring (bicyclic) bond motifs is 1. The average Bonchev–Trinajstić information content (AvgIpc) is 3.57. The van der Waals surface area contributed by atoms with E-state index in [1.54, 1.807) is 36.5 Å². The zero-order valence-corrected chi connectivity index (χ0v) is 23.3. The van der Waals surface area contributed by atoms with Gasteiger partial charge in [-0.25, -0.2) is 13.4 Å². The number of carbonyl (C=O) groups excluding carboxylic acids is 1. The predicted octanol–water partition coefficient (Wildman–Crippen LogP) is 5.10. The summed E-state index contributed by atoms with van der Waals surface area (Å²) in [7, 11) is -2.15. The molecule has 4 aromatic rings. The van der Waals surface area contributed by atoms with E-state index in [9.17, 15) is 13.2 Å². The summed E-state index contributed by atoms with van der Waals surface area (Å²) in [6, 6.07) is 15.6. The van der Waals surface area contributed by atoms with E-state index < -0.39 is 10.0 Å². The Bertz CT molecular complexity index is 1500. The summed E-state index contributed by atoms with van der Waals surface area (Å²) in [4.78, 5) is 24.3. The van der Waals surface area contributed by atoms with Gasteiger partial charge in [0.1, 0.15) is 0 Å². The van der Waals surface area contributed by atoms with Crippen molar-refractivity contribution in [1.82, 2.24) is 14.3 Å². The summed E-state index contributed by atoms with van der Waals surface area (Å²) in [6.07, 6.45) is 5.10. The van der Waals surface area contributed by atoms with E-state index in [1.807, 2.05) is 30.3 Å². The van der Waals surface area contributed by atoms with Gasteiger partial charge in [-0.1, -0.05) is 33.3 Å². The Labute approximate surface area is 228 Å². The molecule has 0 N–H and O–H groups in total. The van der Waals surface area contributed by atoms with E-state index in [2.05, 4.69) is 20.9 Å². The Morgan fingerprint density at radius 1 is 1.19 bits per heavy atom. The maximum atomic E-state index is 13.7. The lowest BCUT2D eigenvalue weighted by Gasteiger charge is -2.21.